The number of ether oxygens (including phenoxy) is 1. The maximum absolute atomic E-state index is 11.9. The molecule has 0 aromatic heterocycles. The number of aliphatic imine (C=N–C) groups is 1. The summed E-state index contributed by atoms with van der Waals surface area (Å²) in [5, 5.41) is 3.52. The standard InChI is InChI=1S/C24H39N5O2.HI/c1-5-31-23(30)21-9-12-29(13-10-21)24(25-4)26-11-14-27-15-17-28(18-16-27)22-8-6-7-19(2)20(22)3;/h6-8,21H,5,9-18H2,1-4H3,(H,25,26);1H. The van der Waals surface area contributed by atoms with Crippen molar-refractivity contribution in [3.63, 3.8) is 0 Å². The number of anilines is 1. The van der Waals surface area contributed by atoms with Gasteiger partial charge in [-0.1, -0.05) is 12.1 Å². The van der Waals surface area contributed by atoms with E-state index in [0.29, 0.717) is 6.61 Å². The Hall–Kier alpha value is -1.55. The van der Waals surface area contributed by atoms with Crippen molar-refractivity contribution in [2.45, 2.75) is 33.6 Å². The van der Waals surface area contributed by atoms with Gasteiger partial charge in [-0.25, -0.2) is 0 Å². The minimum Gasteiger partial charge on any atom is -0.466 e. The Kier molecular flexibility index (Phi) is 11.0. The first kappa shape index (κ1) is 26.7. The van der Waals surface area contributed by atoms with Crippen molar-refractivity contribution in [2.24, 2.45) is 10.9 Å². The molecule has 0 saturated carbocycles. The number of carbonyl (C=O) groups excluding carboxylic acids is 1. The minimum absolute atomic E-state index is 0. The van der Waals surface area contributed by atoms with Gasteiger partial charge in [0.2, 0.25) is 0 Å². The number of piperazine rings is 1. The maximum Gasteiger partial charge on any atom is 0.309 e. The van der Waals surface area contributed by atoms with Crippen LogP contribution >= 0.6 is 24.0 Å². The normalized spacial score (nSPS) is 18.3. The zero-order valence-corrected chi connectivity index (χ0v) is 22.4. The van der Waals surface area contributed by atoms with Crippen LogP contribution in [-0.4, -0.2) is 87.7 Å². The number of rotatable bonds is 6. The van der Waals surface area contributed by atoms with Crippen LogP contribution in [0.5, 0.6) is 0 Å². The van der Waals surface area contributed by atoms with Crippen LogP contribution in [0.4, 0.5) is 5.69 Å². The van der Waals surface area contributed by atoms with E-state index in [2.05, 4.69) is 57.1 Å². The number of likely N-dealkylation sites (tertiary alicyclic amines) is 1. The first-order valence-electron chi connectivity index (χ1n) is 11.7. The second-order valence-electron chi connectivity index (χ2n) is 8.54. The minimum atomic E-state index is -0.0508. The quantitative estimate of drug-likeness (QED) is 0.251. The van der Waals surface area contributed by atoms with Crippen molar-refractivity contribution in [3.05, 3.63) is 29.3 Å². The number of benzene rings is 1. The van der Waals surface area contributed by atoms with Gasteiger partial charge in [0.15, 0.2) is 5.96 Å². The smallest absolute Gasteiger partial charge is 0.309 e. The maximum atomic E-state index is 11.9. The van der Waals surface area contributed by atoms with Crippen LogP contribution in [0.2, 0.25) is 0 Å². The van der Waals surface area contributed by atoms with Gasteiger partial charge in [0.05, 0.1) is 12.5 Å². The highest BCUT2D eigenvalue weighted by atomic mass is 127. The van der Waals surface area contributed by atoms with E-state index in [0.717, 1.165) is 71.2 Å². The Morgan fingerprint density at radius 2 is 1.81 bits per heavy atom. The molecule has 180 valence electrons. The van der Waals surface area contributed by atoms with Gasteiger partial charge in [0.25, 0.3) is 0 Å². The van der Waals surface area contributed by atoms with Gasteiger partial charge < -0.3 is 19.9 Å². The summed E-state index contributed by atoms with van der Waals surface area (Å²) in [5.74, 6) is 0.920. The lowest BCUT2D eigenvalue weighted by Gasteiger charge is -2.37. The van der Waals surface area contributed by atoms with Crippen molar-refractivity contribution >= 4 is 41.6 Å². The van der Waals surface area contributed by atoms with Crippen molar-refractivity contribution in [2.75, 3.05) is 70.9 Å². The van der Waals surface area contributed by atoms with Gasteiger partial charge >= 0.3 is 5.97 Å². The van der Waals surface area contributed by atoms with Gasteiger partial charge in [-0.3, -0.25) is 14.7 Å². The van der Waals surface area contributed by atoms with Crippen LogP contribution in [0.15, 0.2) is 23.2 Å². The number of hydrogen-bond donors (Lipinski definition) is 1. The molecular weight excluding hydrogens is 517 g/mol. The lowest BCUT2D eigenvalue weighted by Crippen LogP contribution is -2.51. The number of guanidine groups is 1. The third-order valence-corrected chi connectivity index (χ3v) is 6.63. The van der Waals surface area contributed by atoms with Crippen LogP contribution < -0.4 is 10.2 Å². The van der Waals surface area contributed by atoms with E-state index in [1.165, 1.54) is 16.8 Å². The predicted octanol–water partition coefficient (Wildman–Crippen LogP) is 2.89. The van der Waals surface area contributed by atoms with Crippen LogP contribution in [-0.2, 0) is 9.53 Å². The molecule has 2 aliphatic rings. The number of carbonyl (C=O) groups is 1. The highest BCUT2D eigenvalue weighted by Crippen LogP contribution is 2.24. The largest absolute Gasteiger partial charge is 0.466 e. The Balaban J connectivity index is 0.00000363. The molecule has 7 nitrogen and oxygen atoms in total. The van der Waals surface area contributed by atoms with E-state index in [1.807, 2.05) is 14.0 Å². The number of esters is 1. The van der Waals surface area contributed by atoms with Gasteiger partial charge in [0, 0.05) is 65.1 Å². The molecule has 2 aliphatic heterocycles. The Morgan fingerprint density at radius 1 is 1.12 bits per heavy atom. The molecule has 0 spiro atoms. The fourth-order valence-corrected chi connectivity index (χ4v) is 4.54. The summed E-state index contributed by atoms with van der Waals surface area (Å²) in [7, 11) is 1.84. The molecule has 0 atom stereocenters. The monoisotopic (exact) mass is 557 g/mol. The lowest BCUT2D eigenvalue weighted by atomic mass is 9.97. The van der Waals surface area contributed by atoms with Gasteiger partial charge in [-0.15, -0.1) is 24.0 Å². The number of halogens is 1. The number of hydrogen-bond acceptors (Lipinski definition) is 5. The summed E-state index contributed by atoms with van der Waals surface area (Å²) in [5.41, 5.74) is 4.14. The molecule has 0 amide bonds. The molecule has 2 fully saturated rings. The number of aryl methyl sites for hydroxylation is 1. The highest BCUT2D eigenvalue weighted by Gasteiger charge is 2.27. The number of nitrogens with one attached hydrogen (secondary N) is 1. The molecule has 2 saturated heterocycles. The van der Waals surface area contributed by atoms with Crippen molar-refractivity contribution in [3.8, 4) is 0 Å². The molecule has 0 aliphatic carbocycles. The molecule has 0 radical (unpaired) electrons. The van der Waals surface area contributed by atoms with Crippen LogP contribution in [0.3, 0.4) is 0 Å². The van der Waals surface area contributed by atoms with E-state index in [1.54, 1.807) is 0 Å². The van der Waals surface area contributed by atoms with Crippen molar-refractivity contribution < 1.29 is 9.53 Å². The molecule has 1 aromatic carbocycles. The van der Waals surface area contributed by atoms with E-state index in [9.17, 15) is 4.79 Å². The fraction of sp³-hybridized carbons (Fsp3) is 0.667. The topological polar surface area (TPSA) is 60.4 Å². The zero-order valence-electron chi connectivity index (χ0n) is 20.1. The first-order valence-corrected chi connectivity index (χ1v) is 11.7. The van der Waals surface area contributed by atoms with E-state index in [-0.39, 0.29) is 35.9 Å². The third-order valence-electron chi connectivity index (χ3n) is 6.63. The molecule has 8 heteroatoms. The Labute approximate surface area is 210 Å². The summed E-state index contributed by atoms with van der Waals surface area (Å²) in [4.78, 5) is 23.7. The third kappa shape index (κ3) is 6.97. The van der Waals surface area contributed by atoms with Crippen molar-refractivity contribution in [1.82, 2.24) is 15.1 Å². The average molecular weight is 558 g/mol. The molecule has 1 N–H and O–H groups in total. The fourth-order valence-electron chi connectivity index (χ4n) is 4.54. The molecule has 1 aromatic rings. The summed E-state index contributed by atoms with van der Waals surface area (Å²) >= 11 is 0. The summed E-state index contributed by atoms with van der Waals surface area (Å²) < 4.78 is 5.17. The number of piperidine rings is 1. The summed E-state index contributed by atoms with van der Waals surface area (Å²) in [6, 6.07) is 6.59. The molecule has 0 unspecified atom stereocenters. The molecule has 2 heterocycles. The summed E-state index contributed by atoms with van der Waals surface area (Å²) in [6.07, 6.45) is 1.67. The second kappa shape index (κ2) is 13.2. The number of nitrogens with zero attached hydrogens (tertiary/aromatic N) is 4. The van der Waals surface area contributed by atoms with Crippen LogP contribution in [0, 0.1) is 19.8 Å². The average Bonchev–Trinajstić information content (AvgIpc) is 2.79. The zero-order chi connectivity index (χ0) is 22.2. The lowest BCUT2D eigenvalue weighted by molar-refractivity contribution is -0.149. The predicted molar refractivity (Wildman–Crippen MR) is 142 cm³/mol. The van der Waals surface area contributed by atoms with E-state index in [4.69, 9.17) is 4.74 Å². The first-order chi connectivity index (χ1) is 15.0. The molecule has 0 bridgehead atoms. The highest BCUT2D eigenvalue weighted by molar-refractivity contribution is 14.0. The molecule has 3 rings (SSSR count). The van der Waals surface area contributed by atoms with E-state index < -0.39 is 0 Å². The van der Waals surface area contributed by atoms with E-state index >= 15 is 0 Å². The summed E-state index contributed by atoms with van der Waals surface area (Å²) in [6.45, 7) is 14.6. The van der Waals surface area contributed by atoms with Crippen molar-refractivity contribution in [1.29, 1.82) is 0 Å². The van der Waals surface area contributed by atoms with Gasteiger partial charge in [0.1, 0.15) is 0 Å². The molecule has 32 heavy (non-hydrogen) atoms. The van der Waals surface area contributed by atoms with Gasteiger partial charge in [-0.05, 0) is 50.8 Å². The van der Waals surface area contributed by atoms with Crippen LogP contribution in [0.1, 0.15) is 30.9 Å². The van der Waals surface area contributed by atoms with Crippen LogP contribution in [0.25, 0.3) is 0 Å². The van der Waals surface area contributed by atoms with Gasteiger partial charge in [-0.2, -0.15) is 0 Å². The Morgan fingerprint density at radius 3 is 2.44 bits per heavy atom. The second-order valence-corrected chi connectivity index (χ2v) is 8.54. The SMILES string of the molecule is CCOC(=O)C1CCN(C(=NC)NCCN2CCN(c3cccc(C)c3C)CC2)CC1.I. The Bertz CT molecular complexity index is 757. The molecular formula is C24H40IN5O2.